The van der Waals surface area contributed by atoms with Crippen LogP contribution in [0.2, 0.25) is 0 Å². The quantitative estimate of drug-likeness (QED) is 0.731. The Morgan fingerprint density at radius 1 is 1.54 bits per heavy atom. The van der Waals surface area contributed by atoms with Crippen molar-refractivity contribution in [2.24, 2.45) is 0 Å². The van der Waals surface area contributed by atoms with Crippen LogP contribution in [0.15, 0.2) is 23.1 Å². The minimum atomic E-state index is -2.36. The summed E-state index contributed by atoms with van der Waals surface area (Å²) in [4.78, 5) is 13.2. The van der Waals surface area contributed by atoms with Gasteiger partial charge in [0.05, 0.1) is 6.54 Å². The van der Waals surface area contributed by atoms with Crippen molar-refractivity contribution in [2.75, 3.05) is 6.54 Å². The zero-order valence-corrected chi connectivity index (χ0v) is 6.89. The van der Waals surface area contributed by atoms with Gasteiger partial charge in [-0.3, -0.25) is 4.79 Å². The zero-order chi connectivity index (χ0) is 9.68. The Kier molecular flexibility index (Phi) is 3.57. The summed E-state index contributed by atoms with van der Waals surface area (Å²) < 4.78 is 23.4. The molecule has 0 aliphatic heterocycles. The highest BCUT2D eigenvalue weighted by atomic mass is 19.3. The largest absolute Gasteiger partial charge is 0.329 e. The Bertz CT molecular complexity index is 311. The maximum Gasteiger partial charge on any atom is 0.250 e. The molecule has 1 aromatic rings. The van der Waals surface area contributed by atoms with Crippen LogP contribution in [0, 0.1) is 0 Å². The van der Waals surface area contributed by atoms with E-state index in [2.05, 4.69) is 10.3 Å². The number of nitrogens with one attached hydrogen (secondary N) is 2. The van der Waals surface area contributed by atoms with Crippen molar-refractivity contribution in [2.45, 2.75) is 13.0 Å². The molecular weight excluding hydrogens is 178 g/mol. The van der Waals surface area contributed by atoms with E-state index < -0.39 is 6.43 Å². The molecule has 0 aliphatic carbocycles. The van der Waals surface area contributed by atoms with E-state index in [1.165, 1.54) is 12.3 Å². The Balaban J connectivity index is 2.41. The van der Waals surface area contributed by atoms with Gasteiger partial charge in [0.1, 0.15) is 0 Å². The van der Waals surface area contributed by atoms with E-state index in [-0.39, 0.29) is 18.6 Å². The second-order valence-corrected chi connectivity index (χ2v) is 2.58. The van der Waals surface area contributed by atoms with E-state index in [9.17, 15) is 13.6 Å². The fraction of sp³-hybridized carbons (Fsp3) is 0.375. The van der Waals surface area contributed by atoms with Crippen molar-refractivity contribution in [3.8, 4) is 0 Å². The summed E-state index contributed by atoms with van der Waals surface area (Å²) in [5.41, 5.74) is 0.473. The molecule has 0 amide bonds. The van der Waals surface area contributed by atoms with Crippen LogP contribution in [0.4, 0.5) is 8.78 Å². The molecule has 1 rings (SSSR count). The standard InChI is InChI=1S/C8H10F2N2O/c9-7(10)5-11-4-6-1-2-12-8(13)3-6/h1-3,7,11H,4-5H2,(H,12,13). The van der Waals surface area contributed by atoms with E-state index in [0.717, 1.165) is 0 Å². The van der Waals surface area contributed by atoms with Crippen LogP contribution in [-0.4, -0.2) is 18.0 Å². The molecule has 0 saturated heterocycles. The molecule has 1 heterocycles. The third kappa shape index (κ3) is 3.80. The van der Waals surface area contributed by atoms with Crippen molar-refractivity contribution < 1.29 is 8.78 Å². The lowest BCUT2D eigenvalue weighted by molar-refractivity contribution is 0.145. The van der Waals surface area contributed by atoms with Crippen molar-refractivity contribution >= 4 is 0 Å². The summed E-state index contributed by atoms with van der Waals surface area (Å²) in [5, 5.41) is 2.53. The third-order valence-corrected chi connectivity index (χ3v) is 1.47. The van der Waals surface area contributed by atoms with Gasteiger partial charge in [-0.2, -0.15) is 0 Å². The number of aromatic nitrogens is 1. The van der Waals surface area contributed by atoms with E-state index in [0.29, 0.717) is 5.56 Å². The van der Waals surface area contributed by atoms with Gasteiger partial charge in [-0.15, -0.1) is 0 Å². The predicted octanol–water partition coefficient (Wildman–Crippen LogP) is 0.730. The van der Waals surface area contributed by atoms with Crippen LogP contribution in [0.5, 0.6) is 0 Å². The smallest absolute Gasteiger partial charge is 0.250 e. The maximum atomic E-state index is 11.7. The molecule has 1 aromatic heterocycles. The highest BCUT2D eigenvalue weighted by Gasteiger charge is 2.00. The average molecular weight is 188 g/mol. The van der Waals surface area contributed by atoms with Crippen LogP contribution < -0.4 is 10.9 Å². The molecule has 0 aliphatic rings. The van der Waals surface area contributed by atoms with Gasteiger partial charge in [0, 0.05) is 18.8 Å². The minimum absolute atomic E-state index is 0.226. The first kappa shape index (κ1) is 9.85. The van der Waals surface area contributed by atoms with Crippen molar-refractivity contribution in [1.29, 1.82) is 0 Å². The average Bonchev–Trinajstić information content (AvgIpc) is 2.03. The number of pyridine rings is 1. The molecule has 0 fully saturated rings. The molecule has 0 atom stereocenters. The molecule has 0 spiro atoms. The second-order valence-electron chi connectivity index (χ2n) is 2.58. The molecule has 0 bridgehead atoms. The first-order chi connectivity index (χ1) is 6.18. The van der Waals surface area contributed by atoms with Gasteiger partial charge in [0.25, 0.3) is 6.43 Å². The molecule has 3 nitrogen and oxygen atoms in total. The molecule has 0 saturated carbocycles. The predicted molar refractivity (Wildman–Crippen MR) is 44.8 cm³/mol. The van der Waals surface area contributed by atoms with Gasteiger partial charge < -0.3 is 10.3 Å². The zero-order valence-electron chi connectivity index (χ0n) is 6.89. The first-order valence-electron chi connectivity index (χ1n) is 3.85. The van der Waals surface area contributed by atoms with E-state index in [1.54, 1.807) is 6.07 Å². The van der Waals surface area contributed by atoms with Gasteiger partial charge in [-0.25, -0.2) is 8.78 Å². The van der Waals surface area contributed by atoms with Crippen LogP contribution >= 0.6 is 0 Å². The summed E-state index contributed by atoms with van der Waals surface area (Å²) in [5.74, 6) is 0. The Morgan fingerprint density at radius 3 is 2.92 bits per heavy atom. The van der Waals surface area contributed by atoms with Crippen molar-refractivity contribution in [3.05, 3.63) is 34.2 Å². The van der Waals surface area contributed by atoms with Crippen LogP contribution in [0.1, 0.15) is 5.56 Å². The van der Waals surface area contributed by atoms with E-state index in [1.807, 2.05) is 0 Å². The molecule has 5 heteroatoms. The van der Waals surface area contributed by atoms with Gasteiger partial charge in [-0.05, 0) is 11.6 Å². The van der Waals surface area contributed by atoms with Crippen LogP contribution in [0.3, 0.4) is 0 Å². The van der Waals surface area contributed by atoms with E-state index >= 15 is 0 Å². The van der Waals surface area contributed by atoms with Crippen molar-refractivity contribution in [1.82, 2.24) is 10.3 Å². The van der Waals surface area contributed by atoms with Crippen LogP contribution in [0.25, 0.3) is 0 Å². The van der Waals surface area contributed by atoms with Gasteiger partial charge in [0.15, 0.2) is 0 Å². The van der Waals surface area contributed by atoms with Gasteiger partial charge in [0.2, 0.25) is 5.56 Å². The summed E-state index contributed by atoms with van der Waals surface area (Å²) in [6.07, 6.45) is -0.871. The summed E-state index contributed by atoms with van der Waals surface area (Å²) in [6.45, 7) is -0.0684. The number of hydrogen-bond donors (Lipinski definition) is 2. The summed E-state index contributed by atoms with van der Waals surface area (Å²) in [7, 11) is 0. The molecule has 13 heavy (non-hydrogen) atoms. The second kappa shape index (κ2) is 4.71. The van der Waals surface area contributed by atoms with Crippen LogP contribution in [-0.2, 0) is 6.54 Å². The molecule has 2 N–H and O–H groups in total. The Hall–Kier alpha value is -1.23. The lowest BCUT2D eigenvalue weighted by Gasteiger charge is -2.02. The monoisotopic (exact) mass is 188 g/mol. The number of H-pyrrole nitrogens is 1. The molecular formula is C8H10F2N2O. The fourth-order valence-electron chi connectivity index (χ4n) is 0.925. The topological polar surface area (TPSA) is 44.9 Å². The summed E-state index contributed by atoms with van der Waals surface area (Å²) in [6, 6.07) is 3.04. The normalized spacial score (nSPS) is 10.7. The number of hydrogen-bond acceptors (Lipinski definition) is 2. The van der Waals surface area contributed by atoms with Gasteiger partial charge >= 0.3 is 0 Å². The van der Waals surface area contributed by atoms with Gasteiger partial charge in [-0.1, -0.05) is 0 Å². The number of halogens is 2. The lowest BCUT2D eigenvalue weighted by atomic mass is 10.3. The van der Waals surface area contributed by atoms with E-state index in [4.69, 9.17) is 0 Å². The molecule has 0 aromatic carbocycles. The third-order valence-electron chi connectivity index (χ3n) is 1.47. The number of aromatic amines is 1. The molecule has 0 radical (unpaired) electrons. The first-order valence-corrected chi connectivity index (χ1v) is 3.85. The molecule has 0 unspecified atom stereocenters. The molecule has 72 valence electrons. The lowest BCUT2D eigenvalue weighted by Crippen LogP contribution is -2.21. The summed E-state index contributed by atoms with van der Waals surface area (Å²) >= 11 is 0. The highest BCUT2D eigenvalue weighted by Crippen LogP contribution is 1.93. The minimum Gasteiger partial charge on any atom is -0.329 e. The Morgan fingerprint density at radius 2 is 2.31 bits per heavy atom. The maximum absolute atomic E-state index is 11.7. The Labute approximate surface area is 73.8 Å². The highest BCUT2D eigenvalue weighted by molar-refractivity contribution is 5.09. The number of rotatable bonds is 4. The SMILES string of the molecule is O=c1cc(CNCC(F)F)cc[nH]1. The fourth-order valence-corrected chi connectivity index (χ4v) is 0.925. The number of alkyl halides is 2. The van der Waals surface area contributed by atoms with Crippen molar-refractivity contribution in [3.63, 3.8) is 0 Å².